The number of hydrogen-bond acceptors (Lipinski definition) is 4. The molecule has 1 aliphatic rings. The highest BCUT2D eigenvalue weighted by atomic mass is 16.6. The number of aliphatic hydroxyl groups is 1. The van der Waals surface area contributed by atoms with E-state index in [2.05, 4.69) is 10.6 Å². The quantitative estimate of drug-likeness (QED) is 0.618. The van der Waals surface area contributed by atoms with Gasteiger partial charge in [-0.25, -0.2) is 4.79 Å². The van der Waals surface area contributed by atoms with E-state index in [1.54, 1.807) is 0 Å². The molecule has 0 aromatic carbocycles. The summed E-state index contributed by atoms with van der Waals surface area (Å²) in [6.45, 7) is 6.56. The molecule has 3 N–H and O–H groups in total. The van der Waals surface area contributed by atoms with Gasteiger partial charge in [-0.05, 0) is 27.2 Å². The fourth-order valence-corrected chi connectivity index (χ4v) is 1.47. The van der Waals surface area contributed by atoms with Crippen molar-refractivity contribution in [2.75, 3.05) is 13.1 Å². The van der Waals surface area contributed by atoms with E-state index >= 15 is 0 Å². The van der Waals surface area contributed by atoms with E-state index in [-0.39, 0.29) is 12.1 Å². The zero-order valence-corrected chi connectivity index (χ0v) is 9.54. The molecule has 0 bridgehead atoms. The Labute approximate surface area is 90.2 Å². The van der Waals surface area contributed by atoms with E-state index < -0.39 is 11.7 Å². The second-order valence-corrected chi connectivity index (χ2v) is 4.88. The summed E-state index contributed by atoms with van der Waals surface area (Å²) in [5.41, 5.74) is -0.466. The fourth-order valence-electron chi connectivity index (χ4n) is 1.47. The van der Waals surface area contributed by atoms with Crippen molar-refractivity contribution in [1.29, 1.82) is 0 Å². The lowest BCUT2D eigenvalue weighted by Crippen LogP contribution is -2.39. The molecule has 5 heteroatoms. The number of aliphatic hydroxyl groups excluding tert-OH is 1. The monoisotopic (exact) mass is 216 g/mol. The number of β-amino-alcohol motifs (C(OH)–C–C–N with tert-alkyl or cyclic N) is 1. The summed E-state index contributed by atoms with van der Waals surface area (Å²) in [6, 6.07) is 0.146. The lowest BCUT2D eigenvalue weighted by atomic mass is 10.2. The van der Waals surface area contributed by atoms with Gasteiger partial charge in [-0.15, -0.1) is 0 Å². The first-order chi connectivity index (χ1) is 6.87. The maximum Gasteiger partial charge on any atom is 0.407 e. The molecule has 0 saturated carbocycles. The molecule has 88 valence electrons. The summed E-state index contributed by atoms with van der Waals surface area (Å²) in [4.78, 5) is 11.3. The van der Waals surface area contributed by atoms with Gasteiger partial charge in [-0.3, -0.25) is 0 Å². The van der Waals surface area contributed by atoms with Crippen LogP contribution in [0.4, 0.5) is 4.79 Å². The van der Waals surface area contributed by atoms with Gasteiger partial charge in [0.25, 0.3) is 0 Å². The molecular formula is C10H20N2O3. The van der Waals surface area contributed by atoms with E-state index in [0.29, 0.717) is 19.5 Å². The van der Waals surface area contributed by atoms with Gasteiger partial charge in [0.15, 0.2) is 0 Å². The van der Waals surface area contributed by atoms with Crippen LogP contribution in [0.25, 0.3) is 0 Å². The lowest BCUT2D eigenvalue weighted by molar-refractivity contribution is 0.0522. The Morgan fingerprint density at radius 3 is 2.73 bits per heavy atom. The summed E-state index contributed by atoms with van der Waals surface area (Å²) in [6.07, 6.45) is -0.0309. The maximum atomic E-state index is 11.3. The van der Waals surface area contributed by atoms with Crippen LogP contribution in [0.15, 0.2) is 0 Å². The Kier molecular flexibility index (Phi) is 3.93. The summed E-state index contributed by atoms with van der Waals surface area (Å²) >= 11 is 0. The van der Waals surface area contributed by atoms with Crippen LogP contribution in [-0.4, -0.2) is 42.0 Å². The highest BCUT2D eigenvalue weighted by molar-refractivity contribution is 5.67. The molecule has 1 fully saturated rings. The van der Waals surface area contributed by atoms with E-state index in [9.17, 15) is 9.90 Å². The van der Waals surface area contributed by atoms with Gasteiger partial charge in [-0.1, -0.05) is 0 Å². The molecule has 15 heavy (non-hydrogen) atoms. The summed E-state index contributed by atoms with van der Waals surface area (Å²) in [7, 11) is 0. The molecule has 1 amide bonds. The highest BCUT2D eigenvalue weighted by Crippen LogP contribution is 2.07. The molecule has 1 rings (SSSR count). The third-order valence-electron chi connectivity index (χ3n) is 2.09. The van der Waals surface area contributed by atoms with Crippen LogP contribution in [0.3, 0.4) is 0 Å². The SMILES string of the molecule is CC(C)(C)OC(=O)NC[C@@H]1C[C@H](O)CN1. The van der Waals surface area contributed by atoms with Gasteiger partial charge in [0.1, 0.15) is 5.60 Å². The normalized spacial score (nSPS) is 26.4. The molecule has 1 heterocycles. The van der Waals surface area contributed by atoms with E-state index in [1.807, 2.05) is 20.8 Å². The fraction of sp³-hybridized carbons (Fsp3) is 0.900. The molecule has 0 aromatic rings. The average Bonchev–Trinajstić information content (AvgIpc) is 2.45. The second kappa shape index (κ2) is 4.81. The van der Waals surface area contributed by atoms with Gasteiger partial charge >= 0.3 is 6.09 Å². The number of carbonyl (C=O) groups is 1. The zero-order valence-electron chi connectivity index (χ0n) is 9.54. The number of hydrogen-bond donors (Lipinski definition) is 3. The summed E-state index contributed by atoms with van der Waals surface area (Å²) < 4.78 is 5.08. The van der Waals surface area contributed by atoms with Crippen molar-refractivity contribution in [3.8, 4) is 0 Å². The van der Waals surface area contributed by atoms with Gasteiger partial charge in [0.2, 0.25) is 0 Å². The molecular weight excluding hydrogens is 196 g/mol. The zero-order chi connectivity index (χ0) is 11.5. The Balaban J connectivity index is 2.17. The van der Waals surface area contributed by atoms with Gasteiger partial charge in [0, 0.05) is 19.1 Å². The Hall–Kier alpha value is -0.810. The molecule has 0 aromatic heterocycles. The largest absolute Gasteiger partial charge is 0.444 e. The van der Waals surface area contributed by atoms with E-state index in [1.165, 1.54) is 0 Å². The lowest BCUT2D eigenvalue weighted by Gasteiger charge is -2.20. The molecule has 1 aliphatic heterocycles. The van der Waals surface area contributed by atoms with Crippen molar-refractivity contribution in [3.05, 3.63) is 0 Å². The molecule has 5 nitrogen and oxygen atoms in total. The second-order valence-electron chi connectivity index (χ2n) is 4.88. The Morgan fingerprint density at radius 2 is 2.27 bits per heavy atom. The first kappa shape index (κ1) is 12.3. The van der Waals surface area contributed by atoms with Crippen LogP contribution in [0.5, 0.6) is 0 Å². The van der Waals surface area contributed by atoms with Crippen LogP contribution in [0.1, 0.15) is 27.2 Å². The Bertz CT molecular complexity index is 225. The minimum absolute atomic E-state index is 0.146. The van der Waals surface area contributed by atoms with Crippen LogP contribution in [0.2, 0.25) is 0 Å². The molecule has 1 saturated heterocycles. The van der Waals surface area contributed by atoms with Crippen LogP contribution >= 0.6 is 0 Å². The van der Waals surface area contributed by atoms with E-state index in [0.717, 1.165) is 0 Å². The number of amides is 1. The third-order valence-corrected chi connectivity index (χ3v) is 2.09. The minimum Gasteiger partial charge on any atom is -0.444 e. The topological polar surface area (TPSA) is 70.6 Å². The number of alkyl carbamates (subject to hydrolysis) is 1. The van der Waals surface area contributed by atoms with Gasteiger partial charge in [0.05, 0.1) is 6.10 Å². The van der Waals surface area contributed by atoms with Gasteiger partial charge in [-0.2, -0.15) is 0 Å². The van der Waals surface area contributed by atoms with Crippen LogP contribution < -0.4 is 10.6 Å². The van der Waals surface area contributed by atoms with Crippen molar-refractivity contribution in [1.82, 2.24) is 10.6 Å². The Morgan fingerprint density at radius 1 is 1.60 bits per heavy atom. The summed E-state index contributed by atoms with van der Waals surface area (Å²) in [5.74, 6) is 0. The average molecular weight is 216 g/mol. The summed E-state index contributed by atoms with van der Waals surface area (Å²) in [5, 5.41) is 15.0. The molecule has 2 atom stereocenters. The number of nitrogens with one attached hydrogen (secondary N) is 2. The van der Waals surface area contributed by atoms with Crippen molar-refractivity contribution in [2.45, 2.75) is 44.9 Å². The number of ether oxygens (including phenoxy) is 1. The molecule has 0 spiro atoms. The van der Waals surface area contributed by atoms with Crippen molar-refractivity contribution in [2.24, 2.45) is 0 Å². The predicted molar refractivity (Wildman–Crippen MR) is 56.7 cm³/mol. The predicted octanol–water partition coefficient (Wildman–Crippen LogP) is 0.234. The molecule has 0 aliphatic carbocycles. The molecule has 0 radical (unpaired) electrons. The first-order valence-electron chi connectivity index (χ1n) is 5.25. The van der Waals surface area contributed by atoms with Crippen molar-refractivity contribution >= 4 is 6.09 Å². The third kappa shape index (κ3) is 4.99. The standard InChI is InChI=1S/C10H20N2O3/c1-10(2,3)15-9(14)12-5-7-4-8(13)6-11-7/h7-8,11,13H,4-6H2,1-3H3,(H,12,14)/t7-,8-/m0/s1. The van der Waals surface area contributed by atoms with Crippen molar-refractivity contribution < 1.29 is 14.6 Å². The van der Waals surface area contributed by atoms with Crippen LogP contribution in [-0.2, 0) is 4.74 Å². The smallest absolute Gasteiger partial charge is 0.407 e. The number of rotatable bonds is 2. The minimum atomic E-state index is -0.466. The van der Waals surface area contributed by atoms with Gasteiger partial charge < -0.3 is 20.5 Å². The first-order valence-corrected chi connectivity index (χ1v) is 5.25. The van der Waals surface area contributed by atoms with Crippen molar-refractivity contribution in [3.63, 3.8) is 0 Å². The highest BCUT2D eigenvalue weighted by Gasteiger charge is 2.23. The van der Waals surface area contributed by atoms with E-state index in [4.69, 9.17) is 4.74 Å². The van der Waals surface area contributed by atoms with Crippen LogP contribution in [0, 0.1) is 0 Å². The maximum absolute atomic E-state index is 11.3. The molecule has 0 unspecified atom stereocenters. The number of carbonyl (C=O) groups excluding carboxylic acids is 1.